The molecule has 4 nitrogen and oxygen atoms in total. The van der Waals surface area contributed by atoms with Crippen molar-refractivity contribution in [1.29, 1.82) is 0 Å². The van der Waals surface area contributed by atoms with Crippen LogP contribution in [0.2, 0.25) is 0 Å². The summed E-state index contributed by atoms with van der Waals surface area (Å²) in [6.45, 7) is 8.41. The fraction of sp³-hybridized carbons (Fsp3) is 0.611. The summed E-state index contributed by atoms with van der Waals surface area (Å²) in [7, 11) is 0. The van der Waals surface area contributed by atoms with Crippen LogP contribution in [0.15, 0.2) is 29.3 Å². The Balaban J connectivity index is 1.48. The lowest BCUT2D eigenvalue weighted by molar-refractivity contribution is 0.257. The maximum Gasteiger partial charge on any atom is 0.191 e. The number of guanidine groups is 1. The molecular formula is C18H28N4. The number of fused-ring (bicyclic) bond motifs is 1. The molecule has 0 bridgehead atoms. The van der Waals surface area contributed by atoms with Gasteiger partial charge in [0.2, 0.25) is 0 Å². The van der Waals surface area contributed by atoms with Gasteiger partial charge >= 0.3 is 0 Å². The van der Waals surface area contributed by atoms with Crippen molar-refractivity contribution in [1.82, 2.24) is 9.80 Å². The minimum Gasteiger partial charge on any atom is -0.370 e. The molecule has 1 fully saturated rings. The van der Waals surface area contributed by atoms with E-state index in [1.54, 1.807) is 0 Å². The molecule has 1 saturated heterocycles. The summed E-state index contributed by atoms with van der Waals surface area (Å²) in [5, 5.41) is 0. The van der Waals surface area contributed by atoms with Gasteiger partial charge in [0.1, 0.15) is 0 Å². The van der Waals surface area contributed by atoms with Crippen LogP contribution in [0.4, 0.5) is 0 Å². The number of likely N-dealkylation sites (tertiary alicyclic amines) is 1. The smallest absolute Gasteiger partial charge is 0.191 e. The van der Waals surface area contributed by atoms with E-state index in [9.17, 15) is 0 Å². The third-order valence-electron chi connectivity index (χ3n) is 4.88. The molecule has 0 saturated carbocycles. The zero-order valence-electron chi connectivity index (χ0n) is 13.7. The average Bonchev–Trinajstić information content (AvgIpc) is 2.54. The first-order chi connectivity index (χ1) is 10.7. The lowest BCUT2D eigenvalue weighted by atomic mass is 10.00. The number of nitrogens with zero attached hydrogens (tertiary/aromatic N) is 3. The number of aliphatic imine (C=N–C) groups is 1. The molecule has 4 heteroatoms. The summed E-state index contributed by atoms with van der Waals surface area (Å²) < 4.78 is 0. The van der Waals surface area contributed by atoms with Crippen molar-refractivity contribution in [2.45, 2.75) is 32.7 Å². The van der Waals surface area contributed by atoms with Crippen LogP contribution >= 0.6 is 0 Å². The number of nitrogens with two attached hydrogens (primary N) is 1. The molecule has 1 aromatic rings. The molecular weight excluding hydrogens is 272 g/mol. The van der Waals surface area contributed by atoms with Gasteiger partial charge in [0, 0.05) is 32.7 Å². The number of hydrogen-bond donors (Lipinski definition) is 1. The Morgan fingerprint density at radius 2 is 2.09 bits per heavy atom. The van der Waals surface area contributed by atoms with E-state index in [0.717, 1.165) is 57.6 Å². The highest BCUT2D eigenvalue weighted by Crippen LogP contribution is 2.18. The zero-order valence-corrected chi connectivity index (χ0v) is 13.7. The second-order valence-corrected chi connectivity index (χ2v) is 6.73. The van der Waals surface area contributed by atoms with E-state index in [0.29, 0.717) is 0 Å². The van der Waals surface area contributed by atoms with Crippen molar-refractivity contribution < 1.29 is 0 Å². The molecule has 0 aromatic heterocycles. The maximum absolute atomic E-state index is 6.16. The van der Waals surface area contributed by atoms with Crippen molar-refractivity contribution in [2.24, 2.45) is 16.6 Å². The summed E-state index contributed by atoms with van der Waals surface area (Å²) in [6.07, 6.45) is 3.70. The van der Waals surface area contributed by atoms with Gasteiger partial charge in [-0.3, -0.25) is 9.89 Å². The number of piperidine rings is 1. The van der Waals surface area contributed by atoms with Gasteiger partial charge in [-0.25, -0.2) is 0 Å². The van der Waals surface area contributed by atoms with E-state index in [4.69, 9.17) is 5.73 Å². The lowest BCUT2D eigenvalue weighted by Gasteiger charge is -2.32. The Labute approximate surface area is 134 Å². The molecule has 22 heavy (non-hydrogen) atoms. The van der Waals surface area contributed by atoms with E-state index < -0.39 is 0 Å². The molecule has 2 aliphatic heterocycles. The lowest BCUT2D eigenvalue weighted by Crippen LogP contribution is -2.44. The second kappa shape index (κ2) is 7.14. The topological polar surface area (TPSA) is 44.9 Å². The highest BCUT2D eigenvalue weighted by molar-refractivity contribution is 5.78. The molecule has 1 unspecified atom stereocenters. The minimum absolute atomic E-state index is 0.737. The van der Waals surface area contributed by atoms with Gasteiger partial charge in [0.05, 0.1) is 6.54 Å². The maximum atomic E-state index is 6.16. The molecule has 2 aliphatic rings. The van der Waals surface area contributed by atoms with Crippen LogP contribution in [0.3, 0.4) is 0 Å². The van der Waals surface area contributed by atoms with Crippen molar-refractivity contribution in [2.75, 3.05) is 32.7 Å². The minimum atomic E-state index is 0.737. The fourth-order valence-corrected chi connectivity index (χ4v) is 3.55. The van der Waals surface area contributed by atoms with E-state index in [1.165, 1.54) is 24.0 Å². The van der Waals surface area contributed by atoms with E-state index in [1.807, 2.05) is 0 Å². The SMILES string of the molecule is CC1CCCN(C(N)=NCCN2CCc3ccccc3C2)C1. The Morgan fingerprint density at radius 1 is 1.27 bits per heavy atom. The van der Waals surface area contributed by atoms with Gasteiger partial charge in [0.15, 0.2) is 5.96 Å². The molecule has 3 rings (SSSR count). The van der Waals surface area contributed by atoms with Crippen LogP contribution in [0, 0.1) is 5.92 Å². The van der Waals surface area contributed by atoms with Crippen LogP contribution in [0.5, 0.6) is 0 Å². The van der Waals surface area contributed by atoms with Crippen molar-refractivity contribution >= 4 is 5.96 Å². The van der Waals surface area contributed by atoms with Gasteiger partial charge in [-0.05, 0) is 36.3 Å². The van der Waals surface area contributed by atoms with Gasteiger partial charge in [0.25, 0.3) is 0 Å². The molecule has 1 aromatic carbocycles. The second-order valence-electron chi connectivity index (χ2n) is 6.73. The van der Waals surface area contributed by atoms with Crippen molar-refractivity contribution in [3.8, 4) is 0 Å². The summed E-state index contributed by atoms with van der Waals surface area (Å²) in [4.78, 5) is 9.34. The largest absolute Gasteiger partial charge is 0.370 e. The number of benzene rings is 1. The first kappa shape index (κ1) is 15.3. The number of rotatable bonds is 3. The van der Waals surface area contributed by atoms with Crippen LogP contribution in [-0.4, -0.2) is 48.5 Å². The van der Waals surface area contributed by atoms with Crippen LogP contribution < -0.4 is 5.73 Å². The molecule has 120 valence electrons. The quantitative estimate of drug-likeness (QED) is 0.687. The monoisotopic (exact) mass is 300 g/mol. The van der Waals surface area contributed by atoms with E-state index in [2.05, 4.69) is 46.0 Å². The van der Waals surface area contributed by atoms with Crippen molar-refractivity contribution in [3.05, 3.63) is 35.4 Å². The fourth-order valence-electron chi connectivity index (χ4n) is 3.55. The third-order valence-corrected chi connectivity index (χ3v) is 4.88. The summed E-state index contributed by atoms with van der Waals surface area (Å²) >= 11 is 0. The molecule has 0 amide bonds. The summed E-state index contributed by atoms with van der Waals surface area (Å²) in [5.74, 6) is 1.48. The molecule has 0 spiro atoms. The predicted molar refractivity (Wildman–Crippen MR) is 91.9 cm³/mol. The highest BCUT2D eigenvalue weighted by Gasteiger charge is 2.18. The zero-order chi connectivity index (χ0) is 15.4. The van der Waals surface area contributed by atoms with E-state index >= 15 is 0 Å². The Morgan fingerprint density at radius 3 is 2.91 bits per heavy atom. The molecule has 0 aliphatic carbocycles. The third kappa shape index (κ3) is 3.80. The standard InChI is InChI=1S/C18H28N4/c1-15-5-4-10-22(13-15)18(19)20-9-12-21-11-8-16-6-2-3-7-17(16)14-21/h2-3,6-7,15H,4-5,8-14H2,1H3,(H2,19,20). The first-order valence-electron chi connectivity index (χ1n) is 8.56. The summed E-state index contributed by atoms with van der Waals surface area (Å²) in [5.41, 5.74) is 9.13. The van der Waals surface area contributed by atoms with Gasteiger partial charge in [-0.2, -0.15) is 0 Å². The Bertz CT molecular complexity index is 526. The summed E-state index contributed by atoms with van der Waals surface area (Å²) in [6, 6.07) is 8.77. The molecule has 0 radical (unpaired) electrons. The Hall–Kier alpha value is -1.55. The van der Waals surface area contributed by atoms with Crippen LogP contribution in [0.25, 0.3) is 0 Å². The van der Waals surface area contributed by atoms with Crippen molar-refractivity contribution in [3.63, 3.8) is 0 Å². The number of hydrogen-bond acceptors (Lipinski definition) is 2. The first-order valence-corrected chi connectivity index (χ1v) is 8.56. The average molecular weight is 300 g/mol. The van der Waals surface area contributed by atoms with Crippen LogP contribution in [-0.2, 0) is 13.0 Å². The van der Waals surface area contributed by atoms with Gasteiger partial charge < -0.3 is 10.6 Å². The van der Waals surface area contributed by atoms with Gasteiger partial charge in [-0.15, -0.1) is 0 Å². The molecule has 2 N–H and O–H groups in total. The van der Waals surface area contributed by atoms with Gasteiger partial charge in [-0.1, -0.05) is 31.2 Å². The Kier molecular flexibility index (Phi) is 4.98. The van der Waals surface area contributed by atoms with Crippen LogP contribution in [0.1, 0.15) is 30.9 Å². The molecule has 2 heterocycles. The highest BCUT2D eigenvalue weighted by atomic mass is 15.3. The van der Waals surface area contributed by atoms with E-state index in [-0.39, 0.29) is 0 Å². The molecule has 1 atom stereocenters. The normalized spacial score (nSPS) is 23.4. The predicted octanol–water partition coefficient (Wildman–Crippen LogP) is 2.09.